The van der Waals surface area contributed by atoms with Crippen LogP contribution in [0, 0.1) is 0 Å². The third kappa shape index (κ3) is 6.76. The number of carbonyl (C=O) groups is 1. The van der Waals surface area contributed by atoms with Gasteiger partial charge < -0.3 is 5.73 Å². The molecule has 0 aliphatic heterocycles. The first-order chi connectivity index (χ1) is 6.22. The molecule has 0 aromatic rings. The van der Waals surface area contributed by atoms with Crippen molar-refractivity contribution < 1.29 is 4.79 Å². The Kier molecular flexibility index (Phi) is 8.00. The van der Waals surface area contributed by atoms with Gasteiger partial charge in [-0.3, -0.25) is 4.79 Å². The van der Waals surface area contributed by atoms with E-state index >= 15 is 0 Å². The standard InChI is InChI=1S/C11H23NO/c1-3-5-7-9-11(13)10(12)8-6-4-2/h10H,3-9,12H2,1-2H3. The Morgan fingerprint density at radius 1 is 1.15 bits per heavy atom. The number of Topliss-reactive ketones (excluding diaryl/α,β-unsaturated/α-hetero) is 1. The van der Waals surface area contributed by atoms with E-state index in [1.807, 2.05) is 0 Å². The molecule has 78 valence electrons. The fraction of sp³-hybridized carbons (Fsp3) is 0.909. The van der Waals surface area contributed by atoms with E-state index in [1.165, 1.54) is 0 Å². The zero-order valence-electron chi connectivity index (χ0n) is 9.01. The first kappa shape index (κ1) is 12.6. The Morgan fingerprint density at radius 2 is 1.77 bits per heavy atom. The molecule has 0 saturated heterocycles. The van der Waals surface area contributed by atoms with Gasteiger partial charge in [-0.2, -0.15) is 0 Å². The number of carbonyl (C=O) groups excluding carboxylic acids is 1. The highest BCUT2D eigenvalue weighted by Crippen LogP contribution is 2.05. The first-order valence-corrected chi connectivity index (χ1v) is 5.50. The Labute approximate surface area is 81.9 Å². The van der Waals surface area contributed by atoms with Crippen LogP contribution >= 0.6 is 0 Å². The maximum atomic E-state index is 11.4. The van der Waals surface area contributed by atoms with E-state index in [1.54, 1.807) is 0 Å². The zero-order chi connectivity index (χ0) is 10.1. The van der Waals surface area contributed by atoms with Crippen molar-refractivity contribution in [2.45, 2.75) is 64.8 Å². The predicted octanol–water partition coefficient (Wildman–Crippen LogP) is 2.65. The maximum absolute atomic E-state index is 11.4. The van der Waals surface area contributed by atoms with Crippen molar-refractivity contribution in [3.05, 3.63) is 0 Å². The molecule has 13 heavy (non-hydrogen) atoms. The second kappa shape index (κ2) is 8.24. The minimum Gasteiger partial charge on any atom is -0.322 e. The molecule has 0 fully saturated rings. The van der Waals surface area contributed by atoms with E-state index in [0.29, 0.717) is 6.42 Å². The third-order valence-electron chi connectivity index (χ3n) is 2.31. The van der Waals surface area contributed by atoms with Gasteiger partial charge in [0.2, 0.25) is 0 Å². The summed E-state index contributed by atoms with van der Waals surface area (Å²) in [5, 5.41) is 0. The van der Waals surface area contributed by atoms with Crippen LogP contribution in [0.5, 0.6) is 0 Å². The van der Waals surface area contributed by atoms with E-state index in [4.69, 9.17) is 5.73 Å². The molecule has 0 spiro atoms. The lowest BCUT2D eigenvalue weighted by Crippen LogP contribution is -2.30. The molecule has 0 aromatic heterocycles. The Morgan fingerprint density at radius 3 is 2.31 bits per heavy atom. The monoisotopic (exact) mass is 185 g/mol. The highest BCUT2D eigenvalue weighted by molar-refractivity contribution is 5.83. The SMILES string of the molecule is CCCCCC(=O)C(N)CCCC. The molecule has 2 nitrogen and oxygen atoms in total. The first-order valence-electron chi connectivity index (χ1n) is 5.50. The number of hydrogen-bond donors (Lipinski definition) is 1. The van der Waals surface area contributed by atoms with Crippen LogP contribution in [0.25, 0.3) is 0 Å². The summed E-state index contributed by atoms with van der Waals surface area (Å²) in [7, 11) is 0. The number of unbranched alkanes of at least 4 members (excludes halogenated alkanes) is 3. The summed E-state index contributed by atoms with van der Waals surface area (Å²) in [4.78, 5) is 11.4. The molecule has 1 atom stereocenters. The summed E-state index contributed by atoms with van der Waals surface area (Å²) in [6, 6.07) is -0.197. The summed E-state index contributed by atoms with van der Waals surface area (Å²) >= 11 is 0. The van der Waals surface area contributed by atoms with Gasteiger partial charge >= 0.3 is 0 Å². The fourth-order valence-corrected chi connectivity index (χ4v) is 1.32. The molecular weight excluding hydrogens is 162 g/mol. The molecule has 0 saturated carbocycles. The number of rotatable bonds is 8. The van der Waals surface area contributed by atoms with E-state index in [-0.39, 0.29) is 11.8 Å². The average molecular weight is 185 g/mol. The van der Waals surface area contributed by atoms with E-state index in [2.05, 4.69) is 13.8 Å². The summed E-state index contributed by atoms with van der Waals surface area (Å²) < 4.78 is 0. The normalized spacial score (nSPS) is 12.8. The van der Waals surface area contributed by atoms with Crippen LogP contribution in [-0.2, 0) is 4.79 Å². The van der Waals surface area contributed by atoms with Gasteiger partial charge in [0.05, 0.1) is 6.04 Å². The molecule has 0 heterocycles. The summed E-state index contributed by atoms with van der Waals surface area (Å²) in [5.41, 5.74) is 5.74. The molecular formula is C11H23NO. The van der Waals surface area contributed by atoms with Gasteiger partial charge in [-0.25, -0.2) is 0 Å². The molecule has 0 bridgehead atoms. The Bertz CT molecular complexity index is 134. The number of ketones is 1. The molecule has 0 aromatic carbocycles. The minimum atomic E-state index is -0.197. The predicted molar refractivity (Wildman–Crippen MR) is 56.6 cm³/mol. The topological polar surface area (TPSA) is 43.1 Å². The molecule has 0 radical (unpaired) electrons. The molecule has 1 unspecified atom stereocenters. The second-order valence-electron chi connectivity index (χ2n) is 3.67. The zero-order valence-corrected chi connectivity index (χ0v) is 9.01. The third-order valence-corrected chi connectivity index (χ3v) is 2.31. The molecule has 0 rings (SSSR count). The van der Waals surface area contributed by atoms with Crippen LogP contribution in [0.15, 0.2) is 0 Å². The van der Waals surface area contributed by atoms with Gasteiger partial charge in [0.15, 0.2) is 0 Å². The fourth-order valence-electron chi connectivity index (χ4n) is 1.32. The van der Waals surface area contributed by atoms with Crippen molar-refractivity contribution in [2.24, 2.45) is 5.73 Å². The summed E-state index contributed by atoms with van der Waals surface area (Å²) in [5.74, 6) is 0.252. The largest absolute Gasteiger partial charge is 0.322 e. The van der Waals surface area contributed by atoms with Crippen LogP contribution in [0.3, 0.4) is 0 Å². The lowest BCUT2D eigenvalue weighted by Gasteiger charge is -2.08. The van der Waals surface area contributed by atoms with Gasteiger partial charge in [0, 0.05) is 6.42 Å². The van der Waals surface area contributed by atoms with Gasteiger partial charge in [-0.15, -0.1) is 0 Å². The molecule has 0 aliphatic carbocycles. The lowest BCUT2D eigenvalue weighted by molar-refractivity contribution is -0.120. The van der Waals surface area contributed by atoms with Crippen molar-refractivity contribution in [3.63, 3.8) is 0 Å². The molecule has 0 amide bonds. The quantitative estimate of drug-likeness (QED) is 0.591. The number of nitrogens with two attached hydrogens (primary N) is 1. The van der Waals surface area contributed by atoms with E-state index in [9.17, 15) is 4.79 Å². The van der Waals surface area contributed by atoms with Crippen LogP contribution in [0.4, 0.5) is 0 Å². The van der Waals surface area contributed by atoms with Crippen molar-refractivity contribution in [2.75, 3.05) is 0 Å². The van der Waals surface area contributed by atoms with Crippen molar-refractivity contribution in [1.82, 2.24) is 0 Å². The van der Waals surface area contributed by atoms with Crippen molar-refractivity contribution in [3.8, 4) is 0 Å². The molecule has 2 heteroatoms. The Hall–Kier alpha value is -0.370. The second-order valence-corrected chi connectivity index (χ2v) is 3.67. The highest BCUT2D eigenvalue weighted by Gasteiger charge is 2.11. The highest BCUT2D eigenvalue weighted by atomic mass is 16.1. The molecule has 2 N–H and O–H groups in total. The Balaban J connectivity index is 3.45. The van der Waals surface area contributed by atoms with E-state index < -0.39 is 0 Å². The van der Waals surface area contributed by atoms with Gasteiger partial charge in [-0.1, -0.05) is 39.5 Å². The van der Waals surface area contributed by atoms with Gasteiger partial charge in [-0.05, 0) is 12.8 Å². The summed E-state index contributed by atoms with van der Waals surface area (Å²) in [6.07, 6.45) is 7.05. The minimum absolute atomic E-state index is 0.197. The van der Waals surface area contributed by atoms with Crippen molar-refractivity contribution in [1.29, 1.82) is 0 Å². The van der Waals surface area contributed by atoms with Gasteiger partial charge in [0.1, 0.15) is 5.78 Å². The van der Waals surface area contributed by atoms with Crippen LogP contribution in [-0.4, -0.2) is 11.8 Å². The lowest BCUT2D eigenvalue weighted by atomic mass is 10.0. The van der Waals surface area contributed by atoms with Crippen LogP contribution in [0.2, 0.25) is 0 Å². The smallest absolute Gasteiger partial charge is 0.149 e. The summed E-state index contributed by atoms with van der Waals surface area (Å²) in [6.45, 7) is 4.26. The maximum Gasteiger partial charge on any atom is 0.149 e. The number of hydrogen-bond acceptors (Lipinski definition) is 2. The van der Waals surface area contributed by atoms with E-state index in [0.717, 1.165) is 38.5 Å². The van der Waals surface area contributed by atoms with Crippen LogP contribution in [0.1, 0.15) is 58.8 Å². The van der Waals surface area contributed by atoms with Crippen LogP contribution < -0.4 is 5.73 Å². The average Bonchev–Trinajstić information content (AvgIpc) is 2.14. The molecule has 0 aliphatic rings. The van der Waals surface area contributed by atoms with Gasteiger partial charge in [0.25, 0.3) is 0 Å². The van der Waals surface area contributed by atoms with Crippen molar-refractivity contribution >= 4 is 5.78 Å².